The van der Waals surface area contributed by atoms with Crippen molar-refractivity contribution in [3.63, 3.8) is 0 Å². The van der Waals surface area contributed by atoms with Gasteiger partial charge in [0.1, 0.15) is 0 Å². The molecule has 2 fully saturated rings. The van der Waals surface area contributed by atoms with E-state index in [0.717, 1.165) is 0 Å². The third-order valence-corrected chi connectivity index (χ3v) is 3.51. The van der Waals surface area contributed by atoms with Crippen LogP contribution in [-0.4, -0.2) is 66.1 Å². The molecule has 2 heterocycles. The lowest BCUT2D eigenvalue weighted by atomic mass is 9.90. The second-order valence-electron chi connectivity index (χ2n) is 4.93. The first-order valence-electron chi connectivity index (χ1n) is 6.08. The summed E-state index contributed by atoms with van der Waals surface area (Å²) < 4.78 is 47.5. The van der Waals surface area contributed by atoms with Crippen molar-refractivity contribution in [2.75, 3.05) is 26.3 Å². The molecule has 2 aliphatic rings. The van der Waals surface area contributed by atoms with Gasteiger partial charge in [0.15, 0.2) is 6.10 Å². The van der Waals surface area contributed by atoms with Crippen molar-refractivity contribution >= 4 is 11.9 Å². The molecule has 114 valence electrons. The highest BCUT2D eigenvalue weighted by Crippen LogP contribution is 2.32. The molecule has 0 radical (unpaired) electrons. The molecule has 20 heavy (non-hydrogen) atoms. The molecule has 0 aliphatic carbocycles. The number of aliphatic carboxylic acids is 1. The number of carbonyl (C=O) groups is 2. The third-order valence-electron chi connectivity index (χ3n) is 3.51. The first-order valence-corrected chi connectivity index (χ1v) is 6.08. The number of carboxylic acid groups (broad SMARTS) is 1. The van der Waals surface area contributed by atoms with Crippen molar-refractivity contribution in [1.29, 1.82) is 0 Å². The van der Waals surface area contributed by atoms with Crippen molar-refractivity contribution in [2.45, 2.75) is 30.7 Å². The zero-order valence-corrected chi connectivity index (χ0v) is 10.5. The van der Waals surface area contributed by atoms with Crippen LogP contribution in [0.1, 0.15) is 12.8 Å². The molecule has 9 heteroatoms. The van der Waals surface area contributed by atoms with E-state index in [9.17, 15) is 22.8 Å². The van der Waals surface area contributed by atoms with Gasteiger partial charge in [-0.1, -0.05) is 0 Å². The Morgan fingerprint density at radius 3 is 2.35 bits per heavy atom. The van der Waals surface area contributed by atoms with E-state index < -0.39 is 29.8 Å². The summed E-state index contributed by atoms with van der Waals surface area (Å²) in [6.45, 7) is -0.213. The van der Waals surface area contributed by atoms with Crippen LogP contribution < -0.4 is 0 Å². The second kappa shape index (κ2) is 5.21. The van der Waals surface area contributed by atoms with E-state index in [1.165, 1.54) is 0 Å². The smallest absolute Gasteiger partial charge is 0.471 e. The Morgan fingerprint density at radius 1 is 1.25 bits per heavy atom. The molecule has 2 rings (SSSR count). The van der Waals surface area contributed by atoms with Crippen LogP contribution in [0, 0.1) is 0 Å². The highest BCUT2D eigenvalue weighted by Gasteiger charge is 2.48. The fraction of sp³-hybridized carbons (Fsp3) is 0.818. The summed E-state index contributed by atoms with van der Waals surface area (Å²) in [4.78, 5) is 22.7. The van der Waals surface area contributed by atoms with Gasteiger partial charge in [0.05, 0.1) is 18.8 Å². The van der Waals surface area contributed by atoms with Crippen molar-refractivity contribution < 1.29 is 37.3 Å². The lowest BCUT2D eigenvalue weighted by Gasteiger charge is -2.45. The van der Waals surface area contributed by atoms with Crippen LogP contribution in [0.4, 0.5) is 13.2 Å². The number of amides is 1. The summed E-state index contributed by atoms with van der Waals surface area (Å²) in [6.07, 6.45) is -5.76. The quantitative estimate of drug-likeness (QED) is 0.758. The molecular weight excluding hydrogens is 283 g/mol. The van der Waals surface area contributed by atoms with Crippen molar-refractivity contribution in [1.82, 2.24) is 4.90 Å². The Balaban J connectivity index is 1.96. The SMILES string of the molecule is O=C(O)C1COCC2(CCN(C(=O)C(F)(F)F)CC2)O1. The standard InChI is InChI=1S/C11H14F3NO5/c12-11(13,14)9(18)15-3-1-10(2-4-15)6-19-5-7(20-10)8(16)17/h7H,1-6H2,(H,16,17). The summed E-state index contributed by atoms with van der Waals surface area (Å²) in [5.41, 5.74) is -0.913. The number of piperidine rings is 1. The molecule has 1 N–H and O–H groups in total. The lowest BCUT2D eigenvalue weighted by Crippen LogP contribution is -2.57. The third kappa shape index (κ3) is 3.04. The Hall–Kier alpha value is -1.35. The van der Waals surface area contributed by atoms with Gasteiger partial charge < -0.3 is 19.5 Å². The molecule has 2 saturated heterocycles. The highest BCUT2D eigenvalue weighted by atomic mass is 19.4. The number of carbonyl (C=O) groups excluding carboxylic acids is 1. The topological polar surface area (TPSA) is 76.1 Å². The number of alkyl halides is 3. The minimum Gasteiger partial charge on any atom is -0.479 e. The minimum atomic E-state index is -4.89. The molecule has 6 nitrogen and oxygen atoms in total. The van der Waals surface area contributed by atoms with E-state index in [4.69, 9.17) is 14.6 Å². The van der Waals surface area contributed by atoms with Gasteiger partial charge in [0.2, 0.25) is 0 Å². The largest absolute Gasteiger partial charge is 0.479 e. The summed E-state index contributed by atoms with van der Waals surface area (Å²) in [7, 11) is 0. The van der Waals surface area contributed by atoms with E-state index in [1.807, 2.05) is 0 Å². The molecule has 0 aromatic rings. The maximum Gasteiger partial charge on any atom is 0.471 e. The number of nitrogens with zero attached hydrogens (tertiary/aromatic N) is 1. The van der Waals surface area contributed by atoms with Gasteiger partial charge in [-0.3, -0.25) is 4.79 Å². The lowest BCUT2D eigenvalue weighted by molar-refractivity contribution is -0.226. The molecule has 0 aromatic carbocycles. The number of hydrogen-bond acceptors (Lipinski definition) is 4. The van der Waals surface area contributed by atoms with Crippen LogP contribution in [0.2, 0.25) is 0 Å². The number of carboxylic acids is 1. The van der Waals surface area contributed by atoms with E-state index in [-0.39, 0.29) is 39.1 Å². The summed E-state index contributed by atoms with van der Waals surface area (Å²) in [6, 6.07) is 0. The van der Waals surface area contributed by atoms with Crippen molar-refractivity contribution in [3.8, 4) is 0 Å². The van der Waals surface area contributed by atoms with Gasteiger partial charge in [-0.15, -0.1) is 0 Å². The van der Waals surface area contributed by atoms with E-state index in [1.54, 1.807) is 0 Å². The van der Waals surface area contributed by atoms with Gasteiger partial charge in [0.25, 0.3) is 0 Å². The zero-order chi connectivity index (χ0) is 15.0. The Morgan fingerprint density at radius 2 is 1.85 bits per heavy atom. The van der Waals surface area contributed by atoms with Gasteiger partial charge in [-0.2, -0.15) is 13.2 Å². The summed E-state index contributed by atoms with van der Waals surface area (Å²) in [5, 5.41) is 8.88. The van der Waals surface area contributed by atoms with Gasteiger partial charge in [-0.05, 0) is 12.8 Å². The monoisotopic (exact) mass is 297 g/mol. The molecule has 1 amide bonds. The number of hydrogen-bond donors (Lipinski definition) is 1. The molecule has 1 unspecified atom stereocenters. The van der Waals surface area contributed by atoms with E-state index in [2.05, 4.69) is 0 Å². The van der Waals surface area contributed by atoms with Crippen LogP contribution in [0.25, 0.3) is 0 Å². The molecule has 0 aromatic heterocycles. The van der Waals surface area contributed by atoms with Crippen molar-refractivity contribution in [2.24, 2.45) is 0 Å². The number of ether oxygens (including phenoxy) is 2. The molecule has 2 aliphatic heterocycles. The van der Waals surface area contributed by atoms with Crippen LogP contribution in [0.3, 0.4) is 0 Å². The Kier molecular flexibility index (Phi) is 3.92. The van der Waals surface area contributed by atoms with Gasteiger partial charge >= 0.3 is 18.1 Å². The summed E-state index contributed by atoms with van der Waals surface area (Å²) in [5.74, 6) is -3.04. The molecule has 1 spiro atoms. The maximum absolute atomic E-state index is 12.3. The van der Waals surface area contributed by atoms with Crippen LogP contribution >= 0.6 is 0 Å². The zero-order valence-electron chi connectivity index (χ0n) is 10.5. The summed E-state index contributed by atoms with van der Waals surface area (Å²) >= 11 is 0. The predicted octanol–water partition coefficient (Wildman–Crippen LogP) is 0.410. The van der Waals surface area contributed by atoms with Crippen LogP contribution in [0.15, 0.2) is 0 Å². The van der Waals surface area contributed by atoms with E-state index >= 15 is 0 Å². The number of rotatable bonds is 1. The Bertz CT molecular complexity index is 403. The molecule has 0 saturated carbocycles. The van der Waals surface area contributed by atoms with Gasteiger partial charge in [-0.25, -0.2) is 4.79 Å². The molecular formula is C11H14F3NO5. The van der Waals surface area contributed by atoms with Gasteiger partial charge in [0, 0.05) is 13.1 Å². The number of halogens is 3. The highest BCUT2D eigenvalue weighted by molar-refractivity contribution is 5.82. The average molecular weight is 297 g/mol. The maximum atomic E-state index is 12.3. The fourth-order valence-corrected chi connectivity index (χ4v) is 2.40. The Labute approximate surface area is 112 Å². The first-order chi connectivity index (χ1) is 9.23. The second-order valence-corrected chi connectivity index (χ2v) is 4.93. The first kappa shape index (κ1) is 15.0. The average Bonchev–Trinajstić information content (AvgIpc) is 2.38. The normalized spacial score (nSPS) is 26.6. The molecule has 1 atom stereocenters. The fourth-order valence-electron chi connectivity index (χ4n) is 2.40. The van der Waals surface area contributed by atoms with Crippen LogP contribution in [0.5, 0.6) is 0 Å². The van der Waals surface area contributed by atoms with Crippen molar-refractivity contribution in [3.05, 3.63) is 0 Å². The molecule has 0 bridgehead atoms. The van der Waals surface area contributed by atoms with Crippen LogP contribution in [-0.2, 0) is 19.1 Å². The predicted molar refractivity (Wildman–Crippen MR) is 57.9 cm³/mol. The minimum absolute atomic E-state index is 0.0811. The van der Waals surface area contributed by atoms with E-state index in [0.29, 0.717) is 4.90 Å². The number of likely N-dealkylation sites (tertiary alicyclic amines) is 1.